The van der Waals surface area contributed by atoms with Crippen molar-refractivity contribution in [3.63, 3.8) is 0 Å². The molecular formula is C16H7N3O4S. The lowest BCUT2D eigenvalue weighted by molar-refractivity contribution is -0.112. The topological polar surface area (TPSA) is 106 Å². The van der Waals surface area contributed by atoms with Crippen molar-refractivity contribution in [1.29, 1.82) is 0 Å². The second-order valence-electron chi connectivity index (χ2n) is 4.73. The first-order chi connectivity index (χ1) is 11.6. The van der Waals surface area contributed by atoms with Gasteiger partial charge in [0.1, 0.15) is 0 Å². The molecule has 1 aromatic heterocycles. The van der Waals surface area contributed by atoms with Crippen molar-refractivity contribution in [2.45, 2.75) is 0 Å². The van der Waals surface area contributed by atoms with Gasteiger partial charge in [0.2, 0.25) is 11.5 Å². The number of anilines is 1. The van der Waals surface area contributed by atoms with Crippen LogP contribution in [-0.2, 0) is 16.3 Å². The predicted octanol–water partition coefficient (Wildman–Crippen LogP) is 1.15. The summed E-state index contributed by atoms with van der Waals surface area (Å²) in [6.07, 6.45) is 2.75. The minimum atomic E-state index is -0.682. The Morgan fingerprint density at radius 2 is 1.92 bits per heavy atom. The van der Waals surface area contributed by atoms with E-state index in [0.29, 0.717) is 16.8 Å². The Hall–Kier alpha value is -3.44. The van der Waals surface area contributed by atoms with Crippen LogP contribution in [0.3, 0.4) is 0 Å². The van der Waals surface area contributed by atoms with Gasteiger partial charge in [0, 0.05) is 23.5 Å². The van der Waals surface area contributed by atoms with Gasteiger partial charge in [-0.2, -0.15) is 4.21 Å². The molecule has 0 fully saturated rings. The maximum absolute atomic E-state index is 11.7. The number of amides is 2. The number of carbonyl (C=O) groups excluding carboxylic acids is 3. The number of carbonyl (C=O) groups is 3. The summed E-state index contributed by atoms with van der Waals surface area (Å²) in [4.78, 5) is 38.4. The number of rotatable bonds is 1. The molecule has 1 aliphatic heterocycles. The van der Waals surface area contributed by atoms with Gasteiger partial charge >= 0.3 is 0 Å². The molecule has 0 unspecified atom stereocenters. The predicted molar refractivity (Wildman–Crippen MR) is 84.5 cm³/mol. The largest absolute Gasteiger partial charge is 0.318 e. The highest BCUT2D eigenvalue weighted by atomic mass is 32.1. The molecule has 0 saturated carbocycles. The molecule has 2 aromatic rings. The van der Waals surface area contributed by atoms with E-state index in [9.17, 15) is 18.6 Å². The summed E-state index contributed by atoms with van der Waals surface area (Å²) in [6.45, 7) is 0. The number of ketones is 1. The van der Waals surface area contributed by atoms with Crippen molar-refractivity contribution in [1.82, 2.24) is 4.98 Å². The zero-order chi connectivity index (χ0) is 17.1. The summed E-state index contributed by atoms with van der Waals surface area (Å²) in [6, 6.07) is 6.25. The number of nitrogens with one attached hydrogen (secondary N) is 1. The molecule has 3 rings (SSSR count). The smallest absolute Gasteiger partial charge is 0.296 e. The molecule has 2 amide bonds. The SMILES string of the molecule is O=S=NC(=O)c1cncc(C#Cc2ccc3c(c2)C(=O)C(=O)N3)c1. The molecule has 7 nitrogen and oxygen atoms in total. The number of pyridine rings is 1. The molecule has 0 radical (unpaired) electrons. The average Bonchev–Trinajstić information content (AvgIpc) is 2.88. The Bertz CT molecular complexity index is 1010. The highest BCUT2D eigenvalue weighted by molar-refractivity contribution is 7.55. The molecule has 1 N–H and O–H groups in total. The number of hydrogen-bond acceptors (Lipinski definition) is 5. The summed E-state index contributed by atoms with van der Waals surface area (Å²) in [5.41, 5.74) is 1.88. The minimum Gasteiger partial charge on any atom is -0.318 e. The molecule has 0 spiro atoms. The lowest BCUT2D eigenvalue weighted by Gasteiger charge is -1.97. The average molecular weight is 337 g/mol. The third-order valence-electron chi connectivity index (χ3n) is 3.18. The maximum Gasteiger partial charge on any atom is 0.296 e. The van der Waals surface area contributed by atoms with Crippen molar-refractivity contribution < 1.29 is 18.6 Å². The molecule has 0 saturated heterocycles. The van der Waals surface area contributed by atoms with Crippen LogP contribution in [0.5, 0.6) is 0 Å². The third-order valence-corrected chi connectivity index (χ3v) is 3.42. The van der Waals surface area contributed by atoms with Crippen LogP contribution in [0.1, 0.15) is 31.8 Å². The number of benzene rings is 1. The van der Waals surface area contributed by atoms with E-state index in [2.05, 4.69) is 26.5 Å². The van der Waals surface area contributed by atoms with Crippen molar-refractivity contribution in [3.05, 3.63) is 58.9 Å². The molecule has 8 heteroatoms. The van der Waals surface area contributed by atoms with Crippen LogP contribution in [0.15, 0.2) is 41.0 Å². The fourth-order valence-electron chi connectivity index (χ4n) is 2.08. The van der Waals surface area contributed by atoms with Gasteiger partial charge in [0.15, 0.2) is 0 Å². The summed E-state index contributed by atoms with van der Waals surface area (Å²) in [7, 11) is 0. The van der Waals surface area contributed by atoms with Crippen LogP contribution < -0.4 is 5.32 Å². The van der Waals surface area contributed by atoms with E-state index in [0.717, 1.165) is 0 Å². The second-order valence-corrected chi connectivity index (χ2v) is 5.06. The summed E-state index contributed by atoms with van der Waals surface area (Å²) >= 11 is -0.171. The van der Waals surface area contributed by atoms with Crippen LogP contribution in [0.4, 0.5) is 5.69 Å². The molecule has 116 valence electrons. The normalized spacial score (nSPS) is 11.8. The lowest BCUT2D eigenvalue weighted by atomic mass is 10.1. The van der Waals surface area contributed by atoms with Gasteiger partial charge < -0.3 is 5.32 Å². The summed E-state index contributed by atoms with van der Waals surface area (Å²) < 4.78 is 13.4. The molecule has 0 aliphatic carbocycles. The monoisotopic (exact) mass is 337 g/mol. The van der Waals surface area contributed by atoms with E-state index >= 15 is 0 Å². The van der Waals surface area contributed by atoms with Crippen LogP contribution in [-0.4, -0.2) is 26.8 Å². The molecule has 24 heavy (non-hydrogen) atoms. The first-order valence-electron chi connectivity index (χ1n) is 6.59. The number of nitrogens with zero attached hydrogens (tertiary/aromatic N) is 2. The van der Waals surface area contributed by atoms with Crippen LogP contribution in [0.2, 0.25) is 0 Å². The summed E-state index contributed by atoms with van der Waals surface area (Å²) in [5.74, 6) is 3.70. The number of aromatic nitrogens is 1. The van der Waals surface area contributed by atoms with E-state index in [1.165, 1.54) is 24.5 Å². The molecule has 0 bridgehead atoms. The van der Waals surface area contributed by atoms with E-state index in [-0.39, 0.29) is 22.6 Å². The van der Waals surface area contributed by atoms with E-state index in [1.54, 1.807) is 12.1 Å². The fourth-order valence-corrected chi connectivity index (χ4v) is 2.25. The Labute approximate surface area is 139 Å². The highest BCUT2D eigenvalue weighted by Gasteiger charge is 2.27. The van der Waals surface area contributed by atoms with Gasteiger partial charge in [-0.15, -0.1) is 4.36 Å². The zero-order valence-electron chi connectivity index (χ0n) is 11.9. The van der Waals surface area contributed by atoms with E-state index < -0.39 is 17.6 Å². The van der Waals surface area contributed by atoms with E-state index in [1.807, 2.05) is 0 Å². The first kappa shape index (κ1) is 15.5. The molecule has 0 atom stereocenters. The third kappa shape index (κ3) is 3.02. The molecule has 1 aliphatic rings. The Morgan fingerprint density at radius 1 is 1.12 bits per heavy atom. The Morgan fingerprint density at radius 3 is 2.71 bits per heavy atom. The van der Waals surface area contributed by atoms with Crippen molar-refractivity contribution >= 4 is 34.7 Å². The lowest BCUT2D eigenvalue weighted by Crippen LogP contribution is -2.12. The zero-order valence-corrected chi connectivity index (χ0v) is 12.7. The van der Waals surface area contributed by atoms with Crippen molar-refractivity contribution in [3.8, 4) is 11.8 Å². The standard InChI is InChI=1S/C16H7N3O4S/c20-14-12-6-9(3-4-13(12)18-16(14)22)1-2-10-5-11(8-17-7-10)15(21)19-24-23/h3-8H,(H,18,20,22). The fraction of sp³-hybridized carbons (Fsp3) is 0. The van der Waals surface area contributed by atoms with Crippen molar-refractivity contribution in [2.24, 2.45) is 4.36 Å². The molecular weight excluding hydrogens is 330 g/mol. The van der Waals surface area contributed by atoms with Gasteiger partial charge in [-0.1, -0.05) is 11.8 Å². The van der Waals surface area contributed by atoms with Gasteiger partial charge in [0.05, 0.1) is 16.8 Å². The Balaban J connectivity index is 1.90. The minimum absolute atomic E-state index is 0.157. The van der Waals surface area contributed by atoms with Crippen molar-refractivity contribution in [2.75, 3.05) is 5.32 Å². The first-order valence-corrected chi connectivity index (χ1v) is 7.29. The van der Waals surface area contributed by atoms with Gasteiger partial charge in [0.25, 0.3) is 17.6 Å². The van der Waals surface area contributed by atoms with E-state index in [4.69, 9.17) is 0 Å². The second kappa shape index (κ2) is 6.36. The van der Waals surface area contributed by atoms with Gasteiger partial charge in [-0.3, -0.25) is 19.4 Å². The molecule has 2 heterocycles. The summed E-state index contributed by atoms with van der Waals surface area (Å²) in [5, 5.41) is 2.46. The van der Waals surface area contributed by atoms with Crippen LogP contribution in [0, 0.1) is 11.8 Å². The number of hydrogen-bond donors (Lipinski definition) is 1. The van der Waals surface area contributed by atoms with Crippen LogP contribution in [0.25, 0.3) is 0 Å². The highest BCUT2D eigenvalue weighted by Crippen LogP contribution is 2.23. The number of fused-ring (bicyclic) bond motifs is 1. The molecule has 1 aromatic carbocycles. The van der Waals surface area contributed by atoms with Crippen LogP contribution >= 0.6 is 0 Å². The van der Waals surface area contributed by atoms with Gasteiger partial charge in [-0.05, 0) is 24.3 Å². The van der Waals surface area contributed by atoms with Gasteiger partial charge in [-0.25, -0.2) is 0 Å². The Kier molecular flexibility index (Phi) is 4.09. The number of Topliss-reactive ketones (excluding diaryl/α,β-unsaturated/α-hetero) is 1. The maximum atomic E-state index is 11.7. The quantitative estimate of drug-likeness (QED) is 0.621.